The number of rotatable bonds is 4. The van der Waals surface area contributed by atoms with Gasteiger partial charge in [0.1, 0.15) is 5.82 Å². The number of aryl methyl sites for hydroxylation is 1. The molecule has 0 aliphatic heterocycles. The monoisotopic (exact) mass is 226 g/mol. The van der Waals surface area contributed by atoms with Crippen LogP contribution in [0, 0.1) is 12.7 Å². The van der Waals surface area contributed by atoms with Gasteiger partial charge in [-0.05, 0) is 43.4 Å². The first-order chi connectivity index (χ1) is 7.41. The highest BCUT2D eigenvalue weighted by atomic mass is 19.1. The zero-order valence-corrected chi connectivity index (χ0v) is 9.94. The summed E-state index contributed by atoms with van der Waals surface area (Å²) in [6, 6.07) is 5.08. The van der Waals surface area contributed by atoms with E-state index in [0.29, 0.717) is 12.0 Å². The molecule has 1 rings (SSSR count). The van der Waals surface area contributed by atoms with Crippen molar-refractivity contribution in [3.05, 3.63) is 35.1 Å². The lowest BCUT2D eigenvalue weighted by molar-refractivity contribution is 0.0225. The summed E-state index contributed by atoms with van der Waals surface area (Å²) >= 11 is 0. The molecule has 0 radical (unpaired) electrons. The normalized spacial score (nSPS) is 16.9. The first kappa shape index (κ1) is 13.1. The van der Waals surface area contributed by atoms with Crippen molar-refractivity contribution in [2.75, 3.05) is 0 Å². The number of aliphatic hydroxyl groups excluding tert-OH is 2. The van der Waals surface area contributed by atoms with Crippen LogP contribution in [0.25, 0.3) is 0 Å². The van der Waals surface area contributed by atoms with Crippen molar-refractivity contribution >= 4 is 0 Å². The van der Waals surface area contributed by atoms with Gasteiger partial charge >= 0.3 is 0 Å². The van der Waals surface area contributed by atoms with Gasteiger partial charge in [0.25, 0.3) is 0 Å². The molecule has 3 heteroatoms. The second-order valence-electron chi connectivity index (χ2n) is 4.47. The topological polar surface area (TPSA) is 40.5 Å². The van der Waals surface area contributed by atoms with E-state index in [4.69, 9.17) is 0 Å². The average Bonchev–Trinajstić information content (AvgIpc) is 2.16. The van der Waals surface area contributed by atoms with Gasteiger partial charge in [0.15, 0.2) is 0 Å². The lowest BCUT2D eigenvalue weighted by atomic mass is 9.92. The molecule has 2 N–H and O–H groups in total. The number of hydrogen-bond donors (Lipinski definition) is 2. The van der Waals surface area contributed by atoms with Crippen LogP contribution in [0.2, 0.25) is 0 Å². The van der Waals surface area contributed by atoms with E-state index < -0.39 is 12.2 Å². The lowest BCUT2D eigenvalue weighted by Gasteiger charge is -2.19. The molecule has 90 valence electrons. The quantitative estimate of drug-likeness (QED) is 0.827. The summed E-state index contributed by atoms with van der Waals surface area (Å²) in [7, 11) is 0. The maximum absolute atomic E-state index is 13.6. The van der Waals surface area contributed by atoms with E-state index in [0.717, 1.165) is 5.56 Å². The molecular formula is C13H19FO2. The maximum atomic E-state index is 13.6. The predicted molar refractivity (Wildman–Crippen MR) is 61.9 cm³/mol. The van der Waals surface area contributed by atoms with Crippen LogP contribution in [0.4, 0.5) is 4.39 Å². The Labute approximate surface area is 95.7 Å². The van der Waals surface area contributed by atoms with E-state index in [2.05, 4.69) is 0 Å². The molecule has 16 heavy (non-hydrogen) atoms. The van der Waals surface area contributed by atoms with Crippen molar-refractivity contribution in [2.45, 2.75) is 45.3 Å². The highest BCUT2D eigenvalue weighted by Crippen LogP contribution is 2.24. The molecular weight excluding hydrogens is 207 g/mol. The number of aliphatic hydroxyl groups is 2. The molecule has 0 aromatic heterocycles. The fourth-order valence-corrected chi connectivity index (χ4v) is 1.72. The minimum atomic E-state index is -0.810. The van der Waals surface area contributed by atoms with Crippen LogP contribution >= 0.6 is 0 Å². The molecule has 0 aliphatic rings. The SMILES string of the molecule is Cc1ccc(C(C)CC(O)C(C)O)c(F)c1. The third-order valence-corrected chi connectivity index (χ3v) is 2.84. The molecule has 0 saturated carbocycles. The standard InChI is InChI=1S/C13H19FO2/c1-8-4-5-11(12(14)6-8)9(2)7-13(16)10(3)15/h4-6,9-10,13,15-16H,7H2,1-3H3. The summed E-state index contributed by atoms with van der Waals surface area (Å²) in [5.74, 6) is -0.351. The van der Waals surface area contributed by atoms with E-state index in [1.54, 1.807) is 6.07 Å². The van der Waals surface area contributed by atoms with Crippen molar-refractivity contribution in [1.82, 2.24) is 0 Å². The fourth-order valence-electron chi connectivity index (χ4n) is 1.72. The van der Waals surface area contributed by atoms with Gasteiger partial charge in [-0.25, -0.2) is 4.39 Å². The van der Waals surface area contributed by atoms with E-state index in [1.807, 2.05) is 19.9 Å². The smallest absolute Gasteiger partial charge is 0.126 e. The molecule has 1 aromatic carbocycles. The van der Waals surface area contributed by atoms with Crippen LogP contribution < -0.4 is 0 Å². The van der Waals surface area contributed by atoms with Crippen LogP contribution in [0.1, 0.15) is 37.3 Å². The lowest BCUT2D eigenvalue weighted by Crippen LogP contribution is -2.24. The van der Waals surface area contributed by atoms with E-state index in [1.165, 1.54) is 13.0 Å². The van der Waals surface area contributed by atoms with Gasteiger partial charge in [0.05, 0.1) is 12.2 Å². The van der Waals surface area contributed by atoms with Gasteiger partial charge in [0.2, 0.25) is 0 Å². The maximum Gasteiger partial charge on any atom is 0.126 e. The highest BCUT2D eigenvalue weighted by Gasteiger charge is 2.18. The van der Waals surface area contributed by atoms with E-state index in [9.17, 15) is 14.6 Å². The molecule has 3 unspecified atom stereocenters. The second-order valence-corrected chi connectivity index (χ2v) is 4.47. The van der Waals surface area contributed by atoms with Crippen LogP contribution in [0.15, 0.2) is 18.2 Å². The summed E-state index contributed by atoms with van der Waals surface area (Å²) in [6.07, 6.45) is -1.23. The zero-order chi connectivity index (χ0) is 12.3. The molecule has 0 heterocycles. The summed E-state index contributed by atoms with van der Waals surface area (Å²) in [4.78, 5) is 0. The summed E-state index contributed by atoms with van der Waals surface area (Å²) in [5.41, 5.74) is 1.47. The van der Waals surface area contributed by atoms with Crippen LogP contribution in [-0.2, 0) is 0 Å². The van der Waals surface area contributed by atoms with Crippen molar-refractivity contribution in [2.24, 2.45) is 0 Å². The summed E-state index contributed by atoms with van der Waals surface area (Å²) in [6.45, 7) is 5.21. The van der Waals surface area contributed by atoms with Gasteiger partial charge in [-0.1, -0.05) is 19.1 Å². The number of hydrogen-bond acceptors (Lipinski definition) is 2. The molecule has 0 saturated heterocycles. The largest absolute Gasteiger partial charge is 0.391 e. The summed E-state index contributed by atoms with van der Waals surface area (Å²) < 4.78 is 13.6. The molecule has 3 atom stereocenters. The van der Waals surface area contributed by atoms with E-state index >= 15 is 0 Å². The average molecular weight is 226 g/mol. The third-order valence-electron chi connectivity index (χ3n) is 2.84. The number of benzene rings is 1. The Morgan fingerprint density at radius 2 is 1.88 bits per heavy atom. The van der Waals surface area contributed by atoms with Gasteiger partial charge in [-0.3, -0.25) is 0 Å². The Morgan fingerprint density at radius 3 is 2.38 bits per heavy atom. The van der Waals surface area contributed by atoms with Crippen molar-refractivity contribution in [3.8, 4) is 0 Å². The molecule has 0 bridgehead atoms. The first-order valence-corrected chi connectivity index (χ1v) is 5.54. The minimum absolute atomic E-state index is 0.106. The molecule has 1 aromatic rings. The Kier molecular flexibility index (Phi) is 4.44. The van der Waals surface area contributed by atoms with Crippen LogP contribution in [-0.4, -0.2) is 22.4 Å². The highest BCUT2D eigenvalue weighted by molar-refractivity contribution is 5.26. The van der Waals surface area contributed by atoms with E-state index in [-0.39, 0.29) is 11.7 Å². The second kappa shape index (κ2) is 5.41. The van der Waals surface area contributed by atoms with Gasteiger partial charge in [0, 0.05) is 0 Å². The van der Waals surface area contributed by atoms with Crippen LogP contribution in [0.5, 0.6) is 0 Å². The first-order valence-electron chi connectivity index (χ1n) is 5.54. The zero-order valence-electron chi connectivity index (χ0n) is 9.94. The van der Waals surface area contributed by atoms with Gasteiger partial charge < -0.3 is 10.2 Å². The Balaban J connectivity index is 2.76. The molecule has 0 aliphatic carbocycles. The third kappa shape index (κ3) is 3.29. The molecule has 0 spiro atoms. The Bertz CT molecular complexity index is 350. The van der Waals surface area contributed by atoms with Crippen molar-refractivity contribution in [1.29, 1.82) is 0 Å². The van der Waals surface area contributed by atoms with Gasteiger partial charge in [-0.2, -0.15) is 0 Å². The van der Waals surface area contributed by atoms with Crippen molar-refractivity contribution < 1.29 is 14.6 Å². The van der Waals surface area contributed by atoms with Gasteiger partial charge in [-0.15, -0.1) is 0 Å². The number of halogens is 1. The predicted octanol–water partition coefficient (Wildman–Crippen LogP) is 2.37. The summed E-state index contributed by atoms with van der Waals surface area (Å²) in [5, 5.41) is 18.7. The fraction of sp³-hybridized carbons (Fsp3) is 0.538. The molecule has 0 amide bonds. The van der Waals surface area contributed by atoms with Crippen LogP contribution in [0.3, 0.4) is 0 Å². The Hall–Kier alpha value is -0.930. The minimum Gasteiger partial charge on any atom is -0.391 e. The molecule has 2 nitrogen and oxygen atoms in total. The molecule has 0 fully saturated rings. The van der Waals surface area contributed by atoms with Crippen molar-refractivity contribution in [3.63, 3.8) is 0 Å². The Morgan fingerprint density at radius 1 is 1.25 bits per heavy atom.